The molecule has 1 atom stereocenters. The topological polar surface area (TPSA) is 61.5 Å². The van der Waals surface area contributed by atoms with Gasteiger partial charge in [0.2, 0.25) is 0 Å². The van der Waals surface area contributed by atoms with Crippen LogP contribution < -0.4 is 10.5 Å². The molecule has 5 heteroatoms. The van der Waals surface area contributed by atoms with Crippen molar-refractivity contribution >= 4 is 17.7 Å². The van der Waals surface area contributed by atoms with E-state index in [1.54, 1.807) is 11.8 Å². The van der Waals surface area contributed by atoms with E-state index in [1.807, 2.05) is 12.1 Å². The number of benzene rings is 1. The van der Waals surface area contributed by atoms with E-state index in [1.165, 1.54) is 12.7 Å². The highest BCUT2D eigenvalue weighted by Gasteiger charge is 2.14. The molecule has 0 saturated heterocycles. The predicted octanol–water partition coefficient (Wildman–Crippen LogP) is 2.60. The van der Waals surface area contributed by atoms with Crippen molar-refractivity contribution in [1.82, 2.24) is 0 Å². The highest BCUT2D eigenvalue weighted by atomic mass is 32.2. The molecule has 118 valence electrons. The summed E-state index contributed by atoms with van der Waals surface area (Å²) >= 11 is 1.58. The molecule has 0 bridgehead atoms. The van der Waals surface area contributed by atoms with Gasteiger partial charge in [0.25, 0.3) is 0 Å². The SMILES string of the molecule is COC(=O)C(N)CSCCOc1ccc(C(C)(C)C)cc1. The van der Waals surface area contributed by atoms with E-state index in [0.29, 0.717) is 12.4 Å². The van der Waals surface area contributed by atoms with Gasteiger partial charge in [-0.05, 0) is 23.1 Å². The summed E-state index contributed by atoms with van der Waals surface area (Å²) in [5.74, 6) is 1.81. The van der Waals surface area contributed by atoms with Crippen molar-refractivity contribution in [2.75, 3.05) is 25.2 Å². The molecule has 4 nitrogen and oxygen atoms in total. The normalized spacial score (nSPS) is 12.8. The molecule has 0 radical (unpaired) electrons. The van der Waals surface area contributed by atoms with Gasteiger partial charge < -0.3 is 15.2 Å². The second-order valence-electron chi connectivity index (χ2n) is 5.83. The molecule has 21 heavy (non-hydrogen) atoms. The van der Waals surface area contributed by atoms with E-state index >= 15 is 0 Å². The van der Waals surface area contributed by atoms with Gasteiger partial charge >= 0.3 is 5.97 Å². The molecule has 0 spiro atoms. The van der Waals surface area contributed by atoms with Gasteiger partial charge in [-0.1, -0.05) is 32.9 Å². The van der Waals surface area contributed by atoms with Crippen LogP contribution in [0.4, 0.5) is 0 Å². The zero-order valence-electron chi connectivity index (χ0n) is 13.2. The third-order valence-corrected chi connectivity index (χ3v) is 4.07. The number of nitrogens with two attached hydrogens (primary N) is 1. The summed E-state index contributed by atoms with van der Waals surface area (Å²) in [4.78, 5) is 11.1. The fourth-order valence-corrected chi connectivity index (χ4v) is 2.46. The van der Waals surface area contributed by atoms with Crippen LogP contribution in [0.25, 0.3) is 0 Å². The maximum atomic E-state index is 11.1. The van der Waals surface area contributed by atoms with Crippen molar-refractivity contribution in [3.8, 4) is 5.75 Å². The molecule has 0 heterocycles. The largest absolute Gasteiger partial charge is 0.493 e. The maximum Gasteiger partial charge on any atom is 0.323 e. The van der Waals surface area contributed by atoms with Crippen LogP contribution in [-0.4, -0.2) is 37.2 Å². The summed E-state index contributed by atoms with van der Waals surface area (Å²) in [5.41, 5.74) is 7.08. The minimum absolute atomic E-state index is 0.151. The van der Waals surface area contributed by atoms with Gasteiger partial charge in [0.15, 0.2) is 0 Å². The van der Waals surface area contributed by atoms with Crippen molar-refractivity contribution in [1.29, 1.82) is 0 Å². The number of hydrogen-bond donors (Lipinski definition) is 1. The number of thioether (sulfide) groups is 1. The van der Waals surface area contributed by atoms with Crippen molar-refractivity contribution in [2.45, 2.75) is 32.2 Å². The summed E-state index contributed by atoms with van der Waals surface area (Å²) in [6.45, 7) is 7.14. The van der Waals surface area contributed by atoms with Crippen LogP contribution >= 0.6 is 11.8 Å². The Labute approximate surface area is 131 Å². The molecule has 0 aromatic heterocycles. The molecule has 0 fully saturated rings. The molecule has 0 saturated carbocycles. The summed E-state index contributed by atoms with van der Waals surface area (Å²) < 4.78 is 10.2. The van der Waals surface area contributed by atoms with E-state index in [0.717, 1.165) is 11.5 Å². The molecular formula is C16H25NO3S. The summed E-state index contributed by atoms with van der Waals surface area (Å²) in [6, 6.07) is 7.60. The van der Waals surface area contributed by atoms with Crippen LogP contribution in [0.15, 0.2) is 24.3 Å². The quantitative estimate of drug-likeness (QED) is 0.619. The van der Waals surface area contributed by atoms with Gasteiger partial charge in [-0.3, -0.25) is 4.79 Å². The van der Waals surface area contributed by atoms with E-state index in [9.17, 15) is 4.79 Å². The zero-order chi connectivity index (χ0) is 15.9. The average molecular weight is 311 g/mol. The van der Waals surface area contributed by atoms with E-state index < -0.39 is 6.04 Å². The van der Waals surface area contributed by atoms with E-state index in [2.05, 4.69) is 37.6 Å². The van der Waals surface area contributed by atoms with Gasteiger partial charge in [0.1, 0.15) is 11.8 Å². The maximum absolute atomic E-state index is 11.1. The number of carbonyl (C=O) groups is 1. The first-order valence-electron chi connectivity index (χ1n) is 6.99. The molecule has 0 aliphatic heterocycles. The number of carbonyl (C=O) groups excluding carboxylic acids is 1. The highest BCUT2D eigenvalue weighted by Crippen LogP contribution is 2.24. The molecule has 1 aromatic rings. The van der Waals surface area contributed by atoms with Gasteiger partial charge in [-0.2, -0.15) is 11.8 Å². The summed E-state index contributed by atoms with van der Waals surface area (Å²) in [5, 5.41) is 0. The van der Waals surface area contributed by atoms with E-state index in [4.69, 9.17) is 10.5 Å². The van der Waals surface area contributed by atoms with Crippen LogP contribution in [-0.2, 0) is 14.9 Å². The molecule has 1 unspecified atom stereocenters. The first kappa shape index (κ1) is 17.9. The number of hydrogen-bond acceptors (Lipinski definition) is 5. The highest BCUT2D eigenvalue weighted by molar-refractivity contribution is 7.99. The molecule has 1 rings (SSSR count). The third kappa shape index (κ3) is 6.40. The van der Waals surface area contributed by atoms with Gasteiger partial charge in [0, 0.05) is 11.5 Å². The minimum atomic E-state index is -0.564. The predicted molar refractivity (Wildman–Crippen MR) is 88.0 cm³/mol. The standard InChI is InChI=1S/C16H25NO3S/c1-16(2,3)12-5-7-13(8-6-12)20-9-10-21-11-14(17)15(18)19-4/h5-8,14H,9-11,17H2,1-4H3. The van der Waals surface area contributed by atoms with Crippen molar-refractivity contribution < 1.29 is 14.3 Å². The lowest BCUT2D eigenvalue weighted by atomic mass is 9.87. The number of esters is 1. The molecule has 0 aliphatic rings. The Morgan fingerprint density at radius 1 is 1.29 bits per heavy atom. The monoisotopic (exact) mass is 311 g/mol. The molecular weight excluding hydrogens is 286 g/mol. The van der Waals surface area contributed by atoms with Crippen molar-refractivity contribution in [3.63, 3.8) is 0 Å². The van der Waals surface area contributed by atoms with Gasteiger partial charge in [0.05, 0.1) is 13.7 Å². The number of ether oxygens (including phenoxy) is 2. The summed E-state index contributed by atoms with van der Waals surface area (Å²) in [6.07, 6.45) is 0. The lowest BCUT2D eigenvalue weighted by Gasteiger charge is -2.19. The van der Waals surface area contributed by atoms with Crippen LogP contribution in [0.2, 0.25) is 0 Å². The second-order valence-corrected chi connectivity index (χ2v) is 6.98. The van der Waals surface area contributed by atoms with Crippen LogP contribution in [0.3, 0.4) is 0 Å². The molecule has 1 aromatic carbocycles. The second kappa shape index (κ2) is 8.29. The Morgan fingerprint density at radius 2 is 1.90 bits per heavy atom. The van der Waals surface area contributed by atoms with Crippen LogP contribution in [0, 0.1) is 0 Å². The van der Waals surface area contributed by atoms with E-state index in [-0.39, 0.29) is 11.4 Å². The number of methoxy groups -OCH3 is 1. The first-order chi connectivity index (χ1) is 9.84. The summed E-state index contributed by atoms with van der Waals surface area (Å²) in [7, 11) is 1.34. The van der Waals surface area contributed by atoms with Crippen molar-refractivity contribution in [2.24, 2.45) is 5.73 Å². The van der Waals surface area contributed by atoms with Gasteiger partial charge in [-0.25, -0.2) is 0 Å². The average Bonchev–Trinajstić information content (AvgIpc) is 2.45. The number of rotatable bonds is 7. The van der Waals surface area contributed by atoms with Crippen LogP contribution in [0.5, 0.6) is 5.75 Å². The molecule has 0 aliphatic carbocycles. The lowest BCUT2D eigenvalue weighted by Crippen LogP contribution is -2.34. The lowest BCUT2D eigenvalue weighted by molar-refractivity contribution is -0.141. The first-order valence-corrected chi connectivity index (χ1v) is 8.14. The molecule has 0 amide bonds. The van der Waals surface area contributed by atoms with Crippen molar-refractivity contribution in [3.05, 3.63) is 29.8 Å². The zero-order valence-corrected chi connectivity index (χ0v) is 14.0. The smallest absolute Gasteiger partial charge is 0.323 e. The Morgan fingerprint density at radius 3 is 2.43 bits per heavy atom. The minimum Gasteiger partial charge on any atom is -0.493 e. The van der Waals surface area contributed by atoms with Crippen LogP contribution in [0.1, 0.15) is 26.3 Å². The third-order valence-electron chi connectivity index (χ3n) is 3.02. The van der Waals surface area contributed by atoms with Gasteiger partial charge in [-0.15, -0.1) is 0 Å². The Hall–Kier alpha value is -1.20. The Balaban J connectivity index is 2.26. The molecule has 2 N–H and O–H groups in total. The Kier molecular flexibility index (Phi) is 7.05. The fraction of sp³-hybridized carbons (Fsp3) is 0.562. The fourth-order valence-electron chi connectivity index (χ4n) is 1.70. The Bertz CT molecular complexity index is 440.